The number of amides is 1. The van der Waals surface area contributed by atoms with E-state index < -0.39 is 0 Å². The van der Waals surface area contributed by atoms with Crippen LogP contribution in [0.15, 0.2) is 12.1 Å². The SMILES string of the molecule is Cc1ccc(Cl)c(C(C)(C)C)c1NC(=O)CCl. The second-order valence-corrected chi connectivity index (χ2v) is 5.72. The molecule has 0 aliphatic rings. The fraction of sp³-hybridized carbons (Fsp3) is 0.462. The van der Waals surface area contributed by atoms with Gasteiger partial charge in [0.25, 0.3) is 0 Å². The summed E-state index contributed by atoms with van der Waals surface area (Å²) in [5.41, 5.74) is 2.56. The zero-order chi connectivity index (χ0) is 13.2. The van der Waals surface area contributed by atoms with E-state index >= 15 is 0 Å². The van der Waals surface area contributed by atoms with Crippen LogP contribution in [-0.4, -0.2) is 11.8 Å². The number of hydrogen-bond donors (Lipinski definition) is 1. The van der Waals surface area contributed by atoms with Gasteiger partial charge in [0.05, 0.1) is 0 Å². The molecule has 0 radical (unpaired) electrons. The minimum absolute atomic E-state index is 0.0600. The van der Waals surface area contributed by atoms with E-state index in [-0.39, 0.29) is 17.2 Å². The lowest BCUT2D eigenvalue weighted by molar-refractivity contribution is -0.113. The van der Waals surface area contributed by atoms with Gasteiger partial charge in [-0.1, -0.05) is 38.4 Å². The highest BCUT2D eigenvalue weighted by atomic mass is 35.5. The van der Waals surface area contributed by atoms with Crippen LogP contribution < -0.4 is 5.32 Å². The summed E-state index contributed by atoms with van der Waals surface area (Å²) in [6.07, 6.45) is 0. The molecule has 0 bridgehead atoms. The van der Waals surface area contributed by atoms with Crippen molar-refractivity contribution in [1.82, 2.24) is 0 Å². The standard InChI is InChI=1S/C13H17Cl2NO/c1-8-5-6-9(15)11(13(2,3)4)12(8)16-10(17)7-14/h5-6H,7H2,1-4H3,(H,16,17). The van der Waals surface area contributed by atoms with E-state index in [1.807, 2.05) is 19.1 Å². The van der Waals surface area contributed by atoms with E-state index in [4.69, 9.17) is 23.2 Å². The molecule has 0 saturated carbocycles. The monoisotopic (exact) mass is 273 g/mol. The van der Waals surface area contributed by atoms with Gasteiger partial charge in [-0.3, -0.25) is 4.79 Å². The number of nitrogens with one attached hydrogen (secondary N) is 1. The van der Waals surface area contributed by atoms with Crippen molar-refractivity contribution < 1.29 is 4.79 Å². The number of anilines is 1. The highest BCUT2D eigenvalue weighted by molar-refractivity contribution is 6.32. The van der Waals surface area contributed by atoms with Gasteiger partial charge in [0.1, 0.15) is 5.88 Å². The largest absolute Gasteiger partial charge is 0.324 e. The van der Waals surface area contributed by atoms with Gasteiger partial charge in [0, 0.05) is 10.7 Å². The molecule has 94 valence electrons. The second kappa shape index (κ2) is 5.28. The van der Waals surface area contributed by atoms with Crippen LogP contribution in [0.1, 0.15) is 31.9 Å². The maximum Gasteiger partial charge on any atom is 0.239 e. The molecular formula is C13H17Cl2NO. The van der Waals surface area contributed by atoms with Gasteiger partial charge in [0.15, 0.2) is 0 Å². The van der Waals surface area contributed by atoms with Crippen LogP contribution in [0, 0.1) is 6.92 Å². The fourth-order valence-electron chi connectivity index (χ4n) is 1.75. The Morgan fingerprint density at radius 1 is 1.35 bits per heavy atom. The molecular weight excluding hydrogens is 257 g/mol. The molecule has 1 rings (SSSR count). The summed E-state index contributed by atoms with van der Waals surface area (Å²) in [4.78, 5) is 11.4. The average molecular weight is 274 g/mol. The van der Waals surface area contributed by atoms with Crippen molar-refractivity contribution in [2.75, 3.05) is 11.2 Å². The third-order valence-electron chi connectivity index (χ3n) is 2.50. The summed E-state index contributed by atoms with van der Waals surface area (Å²) in [7, 11) is 0. The predicted octanol–water partition coefficient (Wildman–Crippen LogP) is 4.12. The van der Waals surface area contributed by atoms with Crippen molar-refractivity contribution >= 4 is 34.8 Å². The molecule has 1 amide bonds. The lowest BCUT2D eigenvalue weighted by Gasteiger charge is -2.25. The van der Waals surface area contributed by atoms with E-state index in [0.717, 1.165) is 16.8 Å². The predicted molar refractivity (Wildman–Crippen MR) is 74.2 cm³/mol. The number of alkyl halides is 1. The molecule has 0 aromatic heterocycles. The van der Waals surface area contributed by atoms with Gasteiger partial charge < -0.3 is 5.32 Å². The summed E-state index contributed by atoms with van der Waals surface area (Å²) < 4.78 is 0. The molecule has 1 aromatic carbocycles. The molecule has 1 aromatic rings. The van der Waals surface area contributed by atoms with Crippen molar-refractivity contribution in [2.24, 2.45) is 0 Å². The Balaban J connectivity index is 3.35. The number of hydrogen-bond acceptors (Lipinski definition) is 1. The van der Waals surface area contributed by atoms with Crippen LogP contribution in [0.25, 0.3) is 0 Å². The Morgan fingerprint density at radius 3 is 2.41 bits per heavy atom. The van der Waals surface area contributed by atoms with E-state index in [1.165, 1.54) is 0 Å². The van der Waals surface area contributed by atoms with Crippen molar-refractivity contribution in [3.63, 3.8) is 0 Å². The van der Waals surface area contributed by atoms with Gasteiger partial charge in [-0.25, -0.2) is 0 Å². The molecule has 0 aliphatic heterocycles. The van der Waals surface area contributed by atoms with Gasteiger partial charge in [-0.05, 0) is 29.5 Å². The quantitative estimate of drug-likeness (QED) is 0.807. The zero-order valence-corrected chi connectivity index (χ0v) is 12.0. The van der Waals surface area contributed by atoms with Crippen LogP contribution in [0.3, 0.4) is 0 Å². The summed E-state index contributed by atoms with van der Waals surface area (Å²) in [6.45, 7) is 8.12. The smallest absolute Gasteiger partial charge is 0.239 e. The maximum absolute atomic E-state index is 11.4. The minimum Gasteiger partial charge on any atom is -0.324 e. The molecule has 0 unspecified atom stereocenters. The summed E-state index contributed by atoms with van der Waals surface area (Å²) >= 11 is 11.7. The maximum atomic E-state index is 11.4. The van der Waals surface area contributed by atoms with Crippen LogP contribution >= 0.6 is 23.2 Å². The van der Waals surface area contributed by atoms with Crippen molar-refractivity contribution in [2.45, 2.75) is 33.1 Å². The molecule has 17 heavy (non-hydrogen) atoms. The molecule has 0 saturated heterocycles. The molecule has 0 fully saturated rings. The van der Waals surface area contributed by atoms with Gasteiger partial charge in [0.2, 0.25) is 5.91 Å². The number of aryl methyl sites for hydroxylation is 1. The first-order valence-electron chi connectivity index (χ1n) is 5.42. The van der Waals surface area contributed by atoms with E-state index in [2.05, 4.69) is 26.1 Å². The molecule has 0 aliphatic carbocycles. The van der Waals surface area contributed by atoms with E-state index in [1.54, 1.807) is 0 Å². The topological polar surface area (TPSA) is 29.1 Å². The first kappa shape index (κ1) is 14.3. The van der Waals surface area contributed by atoms with Gasteiger partial charge in [-0.2, -0.15) is 0 Å². The Hall–Kier alpha value is -0.730. The first-order chi connectivity index (χ1) is 7.77. The Labute approximate surface area is 112 Å². The third kappa shape index (κ3) is 3.36. The minimum atomic E-state index is -0.220. The second-order valence-electron chi connectivity index (χ2n) is 5.05. The molecule has 4 heteroatoms. The summed E-state index contributed by atoms with van der Waals surface area (Å²) in [5.74, 6) is -0.280. The normalized spacial score (nSPS) is 11.4. The van der Waals surface area contributed by atoms with Gasteiger partial charge in [-0.15, -0.1) is 11.6 Å². The van der Waals surface area contributed by atoms with Gasteiger partial charge >= 0.3 is 0 Å². The average Bonchev–Trinajstić information content (AvgIpc) is 2.21. The van der Waals surface area contributed by atoms with Crippen molar-refractivity contribution in [1.29, 1.82) is 0 Å². The van der Waals surface area contributed by atoms with E-state index in [9.17, 15) is 4.79 Å². The molecule has 0 spiro atoms. The summed E-state index contributed by atoms with van der Waals surface area (Å²) in [6, 6.07) is 3.75. The lowest BCUT2D eigenvalue weighted by atomic mass is 9.84. The Bertz CT molecular complexity index is 436. The Kier molecular flexibility index (Phi) is 4.45. The number of rotatable bonds is 2. The first-order valence-corrected chi connectivity index (χ1v) is 6.34. The third-order valence-corrected chi connectivity index (χ3v) is 3.06. The van der Waals surface area contributed by atoms with Crippen LogP contribution in [-0.2, 0) is 10.2 Å². The molecule has 0 heterocycles. The molecule has 1 N–H and O–H groups in total. The van der Waals surface area contributed by atoms with Crippen LogP contribution in [0.4, 0.5) is 5.69 Å². The number of benzene rings is 1. The number of carbonyl (C=O) groups excluding carboxylic acids is 1. The molecule has 2 nitrogen and oxygen atoms in total. The lowest BCUT2D eigenvalue weighted by Crippen LogP contribution is -2.20. The van der Waals surface area contributed by atoms with Crippen molar-refractivity contribution in [3.05, 3.63) is 28.3 Å². The van der Waals surface area contributed by atoms with Crippen molar-refractivity contribution in [3.8, 4) is 0 Å². The highest BCUT2D eigenvalue weighted by Gasteiger charge is 2.23. The van der Waals surface area contributed by atoms with E-state index in [0.29, 0.717) is 5.02 Å². The number of halogens is 2. The molecule has 0 atom stereocenters. The van der Waals surface area contributed by atoms with Crippen LogP contribution in [0.2, 0.25) is 5.02 Å². The fourth-order valence-corrected chi connectivity index (χ4v) is 2.26. The Morgan fingerprint density at radius 2 is 1.94 bits per heavy atom. The number of carbonyl (C=O) groups is 1. The highest BCUT2D eigenvalue weighted by Crippen LogP contribution is 2.37. The zero-order valence-electron chi connectivity index (χ0n) is 10.5. The van der Waals surface area contributed by atoms with Crippen LogP contribution in [0.5, 0.6) is 0 Å². The summed E-state index contributed by atoms with van der Waals surface area (Å²) in [5, 5.41) is 3.48.